The number of aliphatic hydroxyl groups excluding tert-OH is 1. The molecule has 0 saturated heterocycles. The molecule has 3 aromatic rings. The summed E-state index contributed by atoms with van der Waals surface area (Å²) in [7, 11) is 0. The van der Waals surface area contributed by atoms with Gasteiger partial charge in [0.15, 0.2) is 0 Å². The molecule has 0 aliphatic carbocycles. The first kappa shape index (κ1) is 16.0. The number of amides is 2. The van der Waals surface area contributed by atoms with Crippen LogP contribution in [0.3, 0.4) is 0 Å². The van der Waals surface area contributed by atoms with Crippen molar-refractivity contribution in [2.24, 2.45) is 0 Å². The number of anilines is 1. The summed E-state index contributed by atoms with van der Waals surface area (Å²) in [5.41, 5.74) is 0.801. The van der Waals surface area contributed by atoms with Gasteiger partial charge in [0.05, 0.1) is 11.8 Å². The minimum atomic E-state index is -0.846. The number of hydrogen-bond acceptors (Lipinski definition) is 2. The first-order chi connectivity index (χ1) is 11.6. The van der Waals surface area contributed by atoms with Gasteiger partial charge >= 0.3 is 6.03 Å². The van der Waals surface area contributed by atoms with Crippen LogP contribution in [0.1, 0.15) is 11.7 Å². The van der Waals surface area contributed by atoms with Crippen molar-refractivity contribution in [3.63, 3.8) is 0 Å². The molecule has 3 N–H and O–H groups in total. The molecule has 5 heteroatoms. The van der Waals surface area contributed by atoms with Crippen LogP contribution in [-0.4, -0.2) is 17.7 Å². The summed E-state index contributed by atoms with van der Waals surface area (Å²) >= 11 is 0. The fraction of sp³-hybridized carbons (Fsp3) is 0.105. The SMILES string of the molecule is O=C(NCC(O)c1ccc2ccccc2c1)Nc1ccccc1F. The molecule has 1 atom stereocenters. The molecule has 3 rings (SSSR count). The summed E-state index contributed by atoms with van der Waals surface area (Å²) in [4.78, 5) is 11.8. The quantitative estimate of drug-likeness (QED) is 0.683. The Bertz CT molecular complexity index is 867. The number of nitrogens with one attached hydrogen (secondary N) is 2. The third-order valence-electron chi connectivity index (χ3n) is 3.74. The topological polar surface area (TPSA) is 61.4 Å². The van der Waals surface area contributed by atoms with Crippen LogP contribution in [0.15, 0.2) is 66.7 Å². The highest BCUT2D eigenvalue weighted by Crippen LogP contribution is 2.20. The van der Waals surface area contributed by atoms with Crippen molar-refractivity contribution in [3.8, 4) is 0 Å². The van der Waals surface area contributed by atoms with Crippen LogP contribution in [0.5, 0.6) is 0 Å². The van der Waals surface area contributed by atoms with E-state index in [9.17, 15) is 14.3 Å². The smallest absolute Gasteiger partial charge is 0.319 e. The summed E-state index contributed by atoms with van der Waals surface area (Å²) < 4.78 is 13.5. The molecule has 0 bridgehead atoms. The lowest BCUT2D eigenvalue weighted by atomic mass is 10.0. The van der Waals surface area contributed by atoms with Crippen molar-refractivity contribution < 1.29 is 14.3 Å². The molecule has 3 aromatic carbocycles. The predicted octanol–water partition coefficient (Wildman–Crippen LogP) is 3.83. The monoisotopic (exact) mass is 324 g/mol. The van der Waals surface area contributed by atoms with Crippen LogP contribution in [0.25, 0.3) is 10.8 Å². The maximum atomic E-state index is 13.5. The van der Waals surface area contributed by atoms with E-state index in [2.05, 4.69) is 10.6 Å². The minimum Gasteiger partial charge on any atom is -0.387 e. The lowest BCUT2D eigenvalue weighted by Gasteiger charge is -2.14. The lowest BCUT2D eigenvalue weighted by molar-refractivity contribution is 0.175. The minimum absolute atomic E-state index is 0.0264. The zero-order chi connectivity index (χ0) is 16.9. The van der Waals surface area contributed by atoms with Crippen molar-refractivity contribution in [2.45, 2.75) is 6.10 Å². The van der Waals surface area contributed by atoms with Gasteiger partial charge < -0.3 is 15.7 Å². The fourth-order valence-corrected chi connectivity index (χ4v) is 2.45. The second-order valence-electron chi connectivity index (χ2n) is 5.44. The van der Waals surface area contributed by atoms with Crippen LogP contribution in [0.4, 0.5) is 14.9 Å². The Hall–Kier alpha value is -2.92. The van der Waals surface area contributed by atoms with Crippen molar-refractivity contribution >= 4 is 22.5 Å². The van der Waals surface area contributed by atoms with Gasteiger partial charge in [-0.2, -0.15) is 0 Å². The summed E-state index contributed by atoms with van der Waals surface area (Å²) in [6.45, 7) is 0.0264. The van der Waals surface area contributed by atoms with Crippen LogP contribution >= 0.6 is 0 Å². The van der Waals surface area contributed by atoms with Gasteiger partial charge in [-0.1, -0.05) is 48.5 Å². The number of urea groups is 1. The number of benzene rings is 3. The maximum absolute atomic E-state index is 13.5. The molecule has 24 heavy (non-hydrogen) atoms. The van der Waals surface area contributed by atoms with E-state index in [4.69, 9.17) is 0 Å². The van der Waals surface area contributed by atoms with Crippen molar-refractivity contribution in [1.82, 2.24) is 5.32 Å². The van der Waals surface area contributed by atoms with Crippen molar-refractivity contribution in [1.29, 1.82) is 0 Å². The second-order valence-corrected chi connectivity index (χ2v) is 5.44. The number of fused-ring (bicyclic) bond motifs is 1. The Morgan fingerprint density at radius 1 is 1.00 bits per heavy atom. The van der Waals surface area contributed by atoms with Crippen molar-refractivity contribution in [3.05, 3.63) is 78.1 Å². The Kier molecular flexibility index (Phi) is 4.72. The summed E-state index contributed by atoms with van der Waals surface area (Å²) in [6.07, 6.45) is -0.846. The second kappa shape index (κ2) is 7.10. The average Bonchev–Trinajstić information content (AvgIpc) is 2.61. The molecule has 0 spiro atoms. The van der Waals surface area contributed by atoms with E-state index in [1.165, 1.54) is 12.1 Å². The number of halogens is 1. The number of para-hydroxylation sites is 1. The molecule has 0 aliphatic rings. The first-order valence-corrected chi connectivity index (χ1v) is 7.59. The van der Waals surface area contributed by atoms with E-state index in [0.29, 0.717) is 5.56 Å². The molecular formula is C19H17FN2O2. The van der Waals surface area contributed by atoms with E-state index in [1.54, 1.807) is 12.1 Å². The van der Waals surface area contributed by atoms with Crippen molar-refractivity contribution in [2.75, 3.05) is 11.9 Å². The van der Waals surface area contributed by atoms with E-state index in [1.807, 2.05) is 42.5 Å². The van der Waals surface area contributed by atoms with Crippen LogP contribution < -0.4 is 10.6 Å². The molecule has 1 unspecified atom stereocenters. The summed E-state index contributed by atoms with van der Waals surface area (Å²) in [5, 5.41) is 17.3. The standard InChI is InChI=1S/C19H17FN2O2/c20-16-7-3-4-8-17(16)22-19(24)21-12-18(23)15-10-9-13-5-1-2-6-14(13)11-15/h1-11,18,23H,12H2,(H2,21,22,24). The molecule has 0 saturated carbocycles. The highest BCUT2D eigenvalue weighted by atomic mass is 19.1. The Labute approximate surface area is 138 Å². The van der Waals surface area contributed by atoms with Gasteiger partial charge in [-0.15, -0.1) is 0 Å². The highest BCUT2D eigenvalue weighted by Gasteiger charge is 2.11. The zero-order valence-corrected chi connectivity index (χ0v) is 12.9. The number of hydrogen-bond donors (Lipinski definition) is 3. The van der Waals surface area contributed by atoms with Gasteiger partial charge in [-0.3, -0.25) is 0 Å². The van der Waals surface area contributed by atoms with Crippen LogP contribution in [-0.2, 0) is 0 Å². The Morgan fingerprint density at radius 2 is 1.71 bits per heavy atom. The van der Waals surface area contributed by atoms with E-state index in [0.717, 1.165) is 10.8 Å². The van der Waals surface area contributed by atoms with Crippen LogP contribution in [0, 0.1) is 5.82 Å². The largest absolute Gasteiger partial charge is 0.387 e. The fourth-order valence-electron chi connectivity index (χ4n) is 2.45. The molecule has 0 aliphatic heterocycles. The molecule has 122 valence electrons. The molecule has 0 radical (unpaired) electrons. The Morgan fingerprint density at radius 3 is 2.50 bits per heavy atom. The van der Waals surface area contributed by atoms with E-state index in [-0.39, 0.29) is 12.2 Å². The van der Waals surface area contributed by atoms with Gasteiger partial charge in [-0.25, -0.2) is 9.18 Å². The molecule has 0 aromatic heterocycles. The molecule has 0 fully saturated rings. The van der Waals surface area contributed by atoms with Gasteiger partial charge in [0.2, 0.25) is 0 Å². The summed E-state index contributed by atoms with van der Waals surface area (Å²) in [5.74, 6) is -0.511. The number of rotatable bonds is 4. The van der Waals surface area contributed by atoms with Gasteiger partial charge in [0, 0.05) is 6.54 Å². The summed E-state index contributed by atoms with van der Waals surface area (Å²) in [6, 6.07) is 18.8. The van der Waals surface area contributed by atoms with Gasteiger partial charge in [-0.05, 0) is 34.5 Å². The van der Waals surface area contributed by atoms with Gasteiger partial charge in [0.25, 0.3) is 0 Å². The third kappa shape index (κ3) is 3.70. The van der Waals surface area contributed by atoms with E-state index >= 15 is 0 Å². The zero-order valence-electron chi connectivity index (χ0n) is 12.9. The average molecular weight is 324 g/mol. The highest BCUT2D eigenvalue weighted by molar-refractivity contribution is 5.89. The first-order valence-electron chi connectivity index (χ1n) is 7.59. The maximum Gasteiger partial charge on any atom is 0.319 e. The third-order valence-corrected chi connectivity index (χ3v) is 3.74. The van der Waals surface area contributed by atoms with E-state index < -0.39 is 18.0 Å². The number of carbonyl (C=O) groups is 1. The van der Waals surface area contributed by atoms with Crippen LogP contribution in [0.2, 0.25) is 0 Å². The predicted molar refractivity (Wildman–Crippen MR) is 92.3 cm³/mol. The number of carbonyl (C=O) groups excluding carboxylic acids is 1. The lowest BCUT2D eigenvalue weighted by Crippen LogP contribution is -2.32. The molecule has 4 nitrogen and oxygen atoms in total. The molecular weight excluding hydrogens is 307 g/mol. The Balaban J connectivity index is 1.61. The number of aliphatic hydroxyl groups is 1. The van der Waals surface area contributed by atoms with Gasteiger partial charge in [0.1, 0.15) is 5.82 Å². The molecule has 2 amide bonds. The normalized spacial score (nSPS) is 11.9. The molecule has 0 heterocycles.